The lowest BCUT2D eigenvalue weighted by atomic mass is 10.1. The van der Waals surface area contributed by atoms with Crippen molar-refractivity contribution in [3.63, 3.8) is 0 Å². The van der Waals surface area contributed by atoms with Crippen LogP contribution in [0.5, 0.6) is 0 Å². The van der Waals surface area contributed by atoms with Crippen molar-refractivity contribution in [3.05, 3.63) is 66.2 Å². The molecule has 0 spiro atoms. The molecule has 0 saturated carbocycles. The first kappa shape index (κ1) is 19.0. The van der Waals surface area contributed by atoms with Gasteiger partial charge in [-0.25, -0.2) is 0 Å². The van der Waals surface area contributed by atoms with Crippen LogP contribution in [-0.2, 0) is 4.43 Å². The summed E-state index contributed by atoms with van der Waals surface area (Å²) in [5, 5.41) is 0.0550. The fraction of sp³-hybridized carbons (Fsp3) is 0.350. The average molecular weight is 359 g/mol. The Labute approximate surface area is 150 Å². The van der Waals surface area contributed by atoms with Crippen LogP contribution in [0.15, 0.2) is 65.6 Å². The van der Waals surface area contributed by atoms with Gasteiger partial charge in [-0.3, -0.25) is 4.79 Å². The van der Waals surface area contributed by atoms with Crippen LogP contribution < -0.4 is 0 Å². The van der Waals surface area contributed by atoms with Gasteiger partial charge in [0.1, 0.15) is 0 Å². The molecule has 2 rings (SSSR count). The molecule has 0 aliphatic carbocycles. The molecule has 128 valence electrons. The molecule has 0 heterocycles. The average Bonchev–Trinajstić information content (AvgIpc) is 2.54. The summed E-state index contributed by atoms with van der Waals surface area (Å²) in [4.78, 5) is 14.1. The van der Waals surface area contributed by atoms with E-state index < -0.39 is 13.8 Å². The molecule has 1 atom stereocenters. The van der Waals surface area contributed by atoms with E-state index in [1.807, 2.05) is 60.7 Å². The lowest BCUT2D eigenvalue weighted by molar-refractivity contribution is 0.0878. The molecule has 24 heavy (non-hydrogen) atoms. The van der Waals surface area contributed by atoms with Gasteiger partial charge in [0.05, 0.1) is 0 Å². The van der Waals surface area contributed by atoms with Crippen molar-refractivity contribution in [1.82, 2.24) is 0 Å². The maximum atomic E-state index is 13.0. The topological polar surface area (TPSA) is 26.3 Å². The number of Topliss-reactive ketones (excluding diaryl/α,β-unsaturated/α-hetero) is 1. The number of benzene rings is 2. The van der Waals surface area contributed by atoms with Crippen LogP contribution in [-0.4, -0.2) is 19.5 Å². The van der Waals surface area contributed by atoms with Gasteiger partial charge in [-0.05, 0) is 30.3 Å². The summed E-state index contributed by atoms with van der Waals surface area (Å²) in [5.41, 5.74) is 0.181. The third kappa shape index (κ3) is 4.82. The van der Waals surface area contributed by atoms with E-state index in [1.54, 1.807) is 0 Å². The second kappa shape index (κ2) is 7.68. The third-order valence-corrected chi connectivity index (χ3v) is 10.1. The zero-order chi connectivity index (χ0) is 17.8. The van der Waals surface area contributed by atoms with Crippen molar-refractivity contribution >= 4 is 25.9 Å². The number of carbonyl (C=O) groups excluding carboxylic acids is 1. The minimum Gasteiger partial charge on any atom is -0.398 e. The van der Waals surface area contributed by atoms with Crippen molar-refractivity contribution in [3.8, 4) is 0 Å². The molecule has 0 aliphatic heterocycles. The maximum absolute atomic E-state index is 13.0. The Kier molecular flexibility index (Phi) is 6.07. The fourth-order valence-corrected chi connectivity index (χ4v) is 4.65. The van der Waals surface area contributed by atoms with Gasteiger partial charge in [-0.2, -0.15) is 0 Å². The molecular weight excluding hydrogens is 332 g/mol. The van der Waals surface area contributed by atoms with E-state index in [1.165, 1.54) is 11.8 Å². The molecule has 1 unspecified atom stereocenters. The number of carbonyl (C=O) groups is 1. The van der Waals surface area contributed by atoms with E-state index in [0.29, 0.717) is 5.56 Å². The van der Waals surface area contributed by atoms with E-state index in [0.717, 1.165) is 4.90 Å². The van der Waals surface area contributed by atoms with Gasteiger partial charge in [-0.15, -0.1) is 0 Å². The smallest absolute Gasteiger partial charge is 0.201 e. The Hall–Kier alpha value is -1.36. The summed E-state index contributed by atoms with van der Waals surface area (Å²) >= 11 is 1.50. The summed E-state index contributed by atoms with van der Waals surface area (Å²) in [6.07, 6.45) is 0. The SMILES string of the molecule is CC(C)(C)[Si](C)(C)OC(Sc1ccccc1)C(=O)c1ccccc1. The Morgan fingerprint density at radius 3 is 1.96 bits per heavy atom. The van der Waals surface area contributed by atoms with Gasteiger partial charge in [-0.1, -0.05) is 81.1 Å². The summed E-state index contributed by atoms with van der Waals surface area (Å²) < 4.78 is 6.47. The monoisotopic (exact) mass is 358 g/mol. The number of thioether (sulfide) groups is 1. The largest absolute Gasteiger partial charge is 0.398 e. The lowest BCUT2D eigenvalue weighted by Crippen LogP contribution is -2.45. The molecule has 0 aliphatic rings. The van der Waals surface area contributed by atoms with E-state index in [2.05, 4.69) is 33.9 Å². The first-order chi connectivity index (χ1) is 11.2. The normalized spacial score (nSPS) is 13.5. The molecule has 2 aromatic carbocycles. The molecule has 0 N–H and O–H groups in total. The van der Waals surface area contributed by atoms with E-state index >= 15 is 0 Å². The summed E-state index contributed by atoms with van der Waals surface area (Å²) in [5.74, 6) is 0.0364. The zero-order valence-electron chi connectivity index (χ0n) is 15.1. The minimum absolute atomic E-state index is 0.0364. The lowest BCUT2D eigenvalue weighted by Gasteiger charge is -2.38. The zero-order valence-corrected chi connectivity index (χ0v) is 16.9. The molecule has 0 amide bonds. The minimum atomic E-state index is -2.06. The highest BCUT2D eigenvalue weighted by molar-refractivity contribution is 8.00. The van der Waals surface area contributed by atoms with Crippen LogP contribution in [0.1, 0.15) is 31.1 Å². The van der Waals surface area contributed by atoms with Crippen molar-refractivity contribution in [2.45, 2.75) is 49.2 Å². The van der Waals surface area contributed by atoms with Crippen LogP contribution in [0.2, 0.25) is 18.1 Å². The summed E-state index contributed by atoms with van der Waals surface area (Å²) in [6, 6.07) is 19.4. The molecule has 4 heteroatoms. The number of ketones is 1. The van der Waals surface area contributed by atoms with Crippen LogP contribution in [0.3, 0.4) is 0 Å². The van der Waals surface area contributed by atoms with E-state index in [9.17, 15) is 4.79 Å². The maximum Gasteiger partial charge on any atom is 0.201 e. The second-order valence-electron chi connectivity index (χ2n) is 7.37. The summed E-state index contributed by atoms with van der Waals surface area (Å²) in [7, 11) is -2.06. The van der Waals surface area contributed by atoms with Gasteiger partial charge in [0, 0.05) is 10.5 Å². The van der Waals surface area contributed by atoms with E-state index in [-0.39, 0.29) is 10.8 Å². The molecule has 0 fully saturated rings. The van der Waals surface area contributed by atoms with Gasteiger partial charge in [0.2, 0.25) is 5.78 Å². The first-order valence-electron chi connectivity index (χ1n) is 8.19. The standard InChI is InChI=1S/C20H26O2SSi/c1-20(2,3)24(4,5)22-19(23-17-14-10-7-11-15-17)18(21)16-12-8-6-9-13-16/h6-15,19H,1-5H3. The molecule has 2 nitrogen and oxygen atoms in total. The number of hydrogen-bond acceptors (Lipinski definition) is 3. The Bertz CT molecular complexity index is 663. The summed E-state index contributed by atoms with van der Waals surface area (Å²) in [6.45, 7) is 10.9. The fourth-order valence-electron chi connectivity index (χ4n) is 1.94. The highest BCUT2D eigenvalue weighted by Crippen LogP contribution is 2.40. The molecular formula is C20H26O2SSi. The Morgan fingerprint density at radius 1 is 0.958 bits per heavy atom. The van der Waals surface area contributed by atoms with Crippen molar-refractivity contribution in [2.24, 2.45) is 0 Å². The highest BCUT2D eigenvalue weighted by atomic mass is 32.2. The Balaban J connectivity index is 2.29. The van der Waals surface area contributed by atoms with Gasteiger partial charge in [0.25, 0.3) is 0 Å². The predicted octanol–water partition coefficient (Wildman–Crippen LogP) is 6.01. The van der Waals surface area contributed by atoms with E-state index in [4.69, 9.17) is 4.43 Å². The first-order valence-corrected chi connectivity index (χ1v) is 12.0. The number of hydrogen-bond donors (Lipinski definition) is 0. The molecule has 0 radical (unpaired) electrons. The van der Waals surface area contributed by atoms with Crippen LogP contribution in [0.25, 0.3) is 0 Å². The third-order valence-electron chi connectivity index (χ3n) is 4.47. The van der Waals surface area contributed by atoms with Crippen molar-refractivity contribution in [1.29, 1.82) is 0 Å². The van der Waals surface area contributed by atoms with Gasteiger partial charge >= 0.3 is 0 Å². The quantitative estimate of drug-likeness (QED) is 0.274. The molecule has 0 aromatic heterocycles. The van der Waals surface area contributed by atoms with Crippen molar-refractivity contribution in [2.75, 3.05) is 0 Å². The molecule has 0 bridgehead atoms. The Morgan fingerprint density at radius 2 is 1.46 bits per heavy atom. The number of rotatable bonds is 6. The molecule has 0 saturated heterocycles. The van der Waals surface area contributed by atoms with Gasteiger partial charge < -0.3 is 4.43 Å². The predicted molar refractivity (Wildman–Crippen MR) is 105 cm³/mol. The van der Waals surface area contributed by atoms with Crippen molar-refractivity contribution < 1.29 is 9.22 Å². The second-order valence-corrected chi connectivity index (χ2v) is 13.3. The molecule has 2 aromatic rings. The van der Waals surface area contributed by atoms with Crippen LogP contribution >= 0.6 is 11.8 Å². The van der Waals surface area contributed by atoms with Gasteiger partial charge in [0.15, 0.2) is 13.8 Å². The van der Waals surface area contributed by atoms with Crippen LogP contribution in [0.4, 0.5) is 0 Å². The van der Waals surface area contributed by atoms with Crippen LogP contribution in [0, 0.1) is 0 Å². The highest BCUT2D eigenvalue weighted by Gasteiger charge is 2.41.